The largest absolute Gasteiger partial charge is 0.478 e. The minimum Gasteiger partial charge on any atom is -0.478 e. The van der Waals surface area contributed by atoms with Crippen LogP contribution in [0.25, 0.3) is 10.1 Å². The van der Waals surface area contributed by atoms with Crippen molar-refractivity contribution in [1.29, 1.82) is 0 Å². The Morgan fingerprint density at radius 2 is 2.07 bits per heavy atom. The second kappa shape index (κ2) is 3.66. The lowest BCUT2D eigenvalue weighted by Gasteiger charge is -1.96. The third-order valence-corrected chi connectivity index (χ3v) is 3.75. The van der Waals surface area contributed by atoms with Gasteiger partial charge in [-0.1, -0.05) is 19.9 Å². The van der Waals surface area contributed by atoms with Gasteiger partial charge in [-0.15, -0.1) is 11.3 Å². The van der Waals surface area contributed by atoms with Crippen molar-refractivity contribution in [2.75, 3.05) is 0 Å². The van der Waals surface area contributed by atoms with Crippen LogP contribution in [0, 0.1) is 0 Å². The Bertz CT molecular complexity index is 511. The van der Waals surface area contributed by atoms with Gasteiger partial charge in [0.1, 0.15) is 0 Å². The first-order valence-electron chi connectivity index (χ1n) is 4.84. The first kappa shape index (κ1) is 10.2. The Hall–Kier alpha value is -1.35. The van der Waals surface area contributed by atoms with Gasteiger partial charge in [0, 0.05) is 9.58 Å². The number of rotatable bonds is 2. The zero-order valence-electron chi connectivity index (χ0n) is 8.65. The molecule has 78 valence electrons. The molecule has 0 fully saturated rings. The van der Waals surface area contributed by atoms with Gasteiger partial charge in [0.15, 0.2) is 0 Å². The maximum Gasteiger partial charge on any atom is 0.335 e. The number of carboxylic acids is 1. The summed E-state index contributed by atoms with van der Waals surface area (Å²) in [6.07, 6.45) is 0. The molecule has 0 amide bonds. The summed E-state index contributed by atoms with van der Waals surface area (Å²) in [5.74, 6) is -0.368. The third kappa shape index (κ3) is 1.88. The van der Waals surface area contributed by atoms with Crippen molar-refractivity contribution in [3.8, 4) is 0 Å². The number of benzene rings is 1. The van der Waals surface area contributed by atoms with Gasteiger partial charge in [0.05, 0.1) is 5.56 Å². The summed E-state index contributed by atoms with van der Waals surface area (Å²) >= 11 is 1.67. The topological polar surface area (TPSA) is 37.3 Å². The number of hydrogen-bond acceptors (Lipinski definition) is 2. The van der Waals surface area contributed by atoms with Crippen LogP contribution in [0.3, 0.4) is 0 Å². The van der Waals surface area contributed by atoms with Gasteiger partial charge in [-0.2, -0.15) is 0 Å². The number of fused-ring (bicyclic) bond motifs is 1. The molecule has 2 nitrogen and oxygen atoms in total. The fourth-order valence-corrected chi connectivity index (χ4v) is 2.58. The van der Waals surface area contributed by atoms with E-state index in [4.69, 9.17) is 5.11 Å². The normalized spacial score (nSPS) is 11.1. The second-order valence-electron chi connectivity index (χ2n) is 3.86. The van der Waals surface area contributed by atoms with E-state index >= 15 is 0 Å². The van der Waals surface area contributed by atoms with Crippen LogP contribution < -0.4 is 0 Å². The first-order chi connectivity index (χ1) is 7.08. The SMILES string of the molecule is CC(C)c1cc2ccc(C(=O)O)cc2s1. The smallest absolute Gasteiger partial charge is 0.335 e. The Labute approximate surface area is 92.2 Å². The highest BCUT2D eigenvalue weighted by atomic mass is 32.1. The van der Waals surface area contributed by atoms with E-state index in [2.05, 4.69) is 19.9 Å². The van der Waals surface area contributed by atoms with Gasteiger partial charge in [0.2, 0.25) is 0 Å². The lowest BCUT2D eigenvalue weighted by Crippen LogP contribution is -1.94. The lowest BCUT2D eigenvalue weighted by atomic mass is 10.1. The Morgan fingerprint density at radius 1 is 1.33 bits per heavy atom. The molecule has 0 aliphatic carbocycles. The molecule has 0 saturated carbocycles. The van der Waals surface area contributed by atoms with Crippen molar-refractivity contribution in [3.63, 3.8) is 0 Å². The van der Waals surface area contributed by atoms with Crippen LogP contribution in [0.4, 0.5) is 0 Å². The van der Waals surface area contributed by atoms with E-state index in [0.717, 1.165) is 10.1 Å². The molecule has 1 N–H and O–H groups in total. The molecule has 15 heavy (non-hydrogen) atoms. The van der Waals surface area contributed by atoms with E-state index in [9.17, 15) is 4.79 Å². The van der Waals surface area contributed by atoms with E-state index in [1.807, 2.05) is 6.07 Å². The predicted molar refractivity (Wildman–Crippen MR) is 62.9 cm³/mol. The van der Waals surface area contributed by atoms with Crippen LogP contribution in [0.2, 0.25) is 0 Å². The highest BCUT2D eigenvalue weighted by molar-refractivity contribution is 7.19. The van der Waals surface area contributed by atoms with Gasteiger partial charge >= 0.3 is 5.97 Å². The summed E-state index contributed by atoms with van der Waals surface area (Å²) in [7, 11) is 0. The van der Waals surface area contributed by atoms with E-state index in [0.29, 0.717) is 11.5 Å². The van der Waals surface area contributed by atoms with Crippen molar-refractivity contribution in [1.82, 2.24) is 0 Å². The Kier molecular flexibility index (Phi) is 2.49. The van der Waals surface area contributed by atoms with Crippen LogP contribution in [-0.2, 0) is 0 Å². The molecule has 0 saturated heterocycles. The standard InChI is InChI=1S/C12H12O2S/c1-7(2)10-5-8-3-4-9(12(13)14)6-11(8)15-10/h3-7H,1-2H3,(H,13,14). The van der Waals surface area contributed by atoms with Crippen LogP contribution in [0.5, 0.6) is 0 Å². The summed E-state index contributed by atoms with van der Waals surface area (Å²) < 4.78 is 1.05. The summed E-state index contributed by atoms with van der Waals surface area (Å²) in [5.41, 5.74) is 0.361. The fourth-order valence-electron chi connectivity index (χ4n) is 1.47. The summed E-state index contributed by atoms with van der Waals surface area (Å²) in [6, 6.07) is 7.41. The number of carboxylic acid groups (broad SMARTS) is 1. The van der Waals surface area contributed by atoms with Gasteiger partial charge in [-0.25, -0.2) is 4.79 Å². The van der Waals surface area contributed by atoms with Gasteiger partial charge in [0.25, 0.3) is 0 Å². The van der Waals surface area contributed by atoms with Crippen molar-refractivity contribution < 1.29 is 9.90 Å². The molecule has 2 rings (SSSR count). The molecule has 0 aliphatic heterocycles. The second-order valence-corrected chi connectivity index (χ2v) is 4.98. The van der Waals surface area contributed by atoms with Crippen LogP contribution in [0.15, 0.2) is 24.3 Å². The Morgan fingerprint density at radius 3 is 2.67 bits per heavy atom. The van der Waals surface area contributed by atoms with Gasteiger partial charge in [-0.05, 0) is 29.5 Å². The zero-order chi connectivity index (χ0) is 11.0. The molecule has 0 atom stereocenters. The molecule has 1 aromatic carbocycles. The maximum atomic E-state index is 10.8. The molecule has 0 radical (unpaired) electrons. The molecule has 3 heteroatoms. The molecule has 0 spiro atoms. The third-order valence-electron chi connectivity index (χ3n) is 2.36. The van der Waals surface area contributed by atoms with Crippen LogP contribution >= 0.6 is 11.3 Å². The summed E-state index contributed by atoms with van der Waals surface area (Å²) in [5, 5.41) is 10.00. The average molecular weight is 220 g/mol. The van der Waals surface area contributed by atoms with Crippen molar-refractivity contribution in [3.05, 3.63) is 34.7 Å². The van der Waals surface area contributed by atoms with E-state index in [1.54, 1.807) is 23.5 Å². The van der Waals surface area contributed by atoms with Crippen LogP contribution in [-0.4, -0.2) is 11.1 Å². The molecular weight excluding hydrogens is 208 g/mol. The number of hydrogen-bond donors (Lipinski definition) is 1. The Balaban J connectivity index is 2.57. The lowest BCUT2D eigenvalue weighted by molar-refractivity contribution is 0.0697. The zero-order valence-corrected chi connectivity index (χ0v) is 9.47. The van der Waals surface area contributed by atoms with E-state index < -0.39 is 5.97 Å². The highest BCUT2D eigenvalue weighted by Crippen LogP contribution is 2.31. The molecule has 2 aromatic rings. The molecule has 0 aliphatic rings. The summed E-state index contributed by atoms with van der Waals surface area (Å²) in [6.45, 7) is 4.28. The van der Waals surface area contributed by atoms with Crippen LogP contribution in [0.1, 0.15) is 35.0 Å². The highest BCUT2D eigenvalue weighted by Gasteiger charge is 2.08. The molecular formula is C12H12O2S. The predicted octanol–water partition coefficient (Wildman–Crippen LogP) is 3.72. The average Bonchev–Trinajstić information content (AvgIpc) is 2.59. The fraction of sp³-hybridized carbons (Fsp3) is 0.250. The number of thiophene rings is 1. The van der Waals surface area contributed by atoms with Gasteiger partial charge in [-0.3, -0.25) is 0 Å². The quantitative estimate of drug-likeness (QED) is 0.837. The minimum absolute atomic E-state index is 0.361. The van der Waals surface area contributed by atoms with E-state index in [1.165, 1.54) is 4.88 Å². The van der Waals surface area contributed by atoms with Gasteiger partial charge < -0.3 is 5.11 Å². The van der Waals surface area contributed by atoms with Crippen molar-refractivity contribution in [2.45, 2.75) is 19.8 Å². The van der Waals surface area contributed by atoms with Crippen molar-refractivity contribution >= 4 is 27.4 Å². The van der Waals surface area contributed by atoms with Crippen molar-refractivity contribution in [2.24, 2.45) is 0 Å². The first-order valence-corrected chi connectivity index (χ1v) is 5.66. The monoisotopic (exact) mass is 220 g/mol. The maximum absolute atomic E-state index is 10.8. The number of carbonyl (C=O) groups is 1. The number of aromatic carboxylic acids is 1. The minimum atomic E-state index is -0.864. The van der Waals surface area contributed by atoms with E-state index in [-0.39, 0.29) is 0 Å². The molecule has 1 heterocycles. The summed E-state index contributed by atoms with van der Waals surface area (Å²) in [4.78, 5) is 12.1. The molecule has 0 bridgehead atoms. The molecule has 1 aromatic heterocycles. The molecule has 0 unspecified atom stereocenters.